The molecular formula is C6H13O. The molecule has 0 aromatic carbocycles. The van der Waals surface area contributed by atoms with Gasteiger partial charge in [0, 0.05) is 0 Å². The van der Waals surface area contributed by atoms with Crippen LogP contribution in [0.5, 0.6) is 0 Å². The Morgan fingerprint density at radius 1 is 1.43 bits per heavy atom. The standard InChI is InChI=1S/C6H13O/c1-4-6(7)5(2)3/h4-7H,1-3H3. The third-order valence-corrected chi connectivity index (χ3v) is 1.02. The number of rotatable bonds is 2. The number of hydrogen-bond donors (Lipinski definition) is 1. The van der Waals surface area contributed by atoms with E-state index in [1.54, 1.807) is 6.42 Å². The minimum atomic E-state index is -0.222. The molecule has 0 aliphatic rings. The van der Waals surface area contributed by atoms with E-state index in [9.17, 15) is 0 Å². The van der Waals surface area contributed by atoms with Crippen LogP contribution in [0.15, 0.2) is 0 Å². The van der Waals surface area contributed by atoms with Gasteiger partial charge in [-0.1, -0.05) is 20.8 Å². The summed E-state index contributed by atoms with van der Waals surface area (Å²) in [6.45, 7) is 5.85. The van der Waals surface area contributed by atoms with Crippen LogP contribution in [0.25, 0.3) is 0 Å². The first kappa shape index (κ1) is 6.96. The molecule has 1 atom stereocenters. The van der Waals surface area contributed by atoms with Gasteiger partial charge < -0.3 is 5.11 Å². The van der Waals surface area contributed by atoms with E-state index in [4.69, 9.17) is 5.11 Å². The van der Waals surface area contributed by atoms with E-state index in [1.807, 2.05) is 20.8 Å². The zero-order valence-corrected chi connectivity index (χ0v) is 5.18. The quantitative estimate of drug-likeness (QED) is 0.554. The van der Waals surface area contributed by atoms with Gasteiger partial charge in [0.25, 0.3) is 0 Å². The minimum Gasteiger partial charge on any atom is -0.393 e. The smallest absolute Gasteiger partial charge is 0.0592 e. The molecule has 1 unspecified atom stereocenters. The highest BCUT2D eigenvalue weighted by Crippen LogP contribution is 2.01. The van der Waals surface area contributed by atoms with Crippen LogP contribution >= 0.6 is 0 Å². The van der Waals surface area contributed by atoms with Crippen molar-refractivity contribution >= 4 is 0 Å². The molecule has 0 amide bonds. The number of hydrogen-bond acceptors (Lipinski definition) is 1. The van der Waals surface area contributed by atoms with Crippen LogP contribution in [0, 0.1) is 12.3 Å². The van der Waals surface area contributed by atoms with Gasteiger partial charge in [-0.2, -0.15) is 0 Å². The average Bonchev–Trinajstić information content (AvgIpc) is 1.65. The van der Waals surface area contributed by atoms with Crippen molar-refractivity contribution in [3.8, 4) is 0 Å². The van der Waals surface area contributed by atoms with Gasteiger partial charge >= 0.3 is 0 Å². The van der Waals surface area contributed by atoms with Crippen LogP contribution in [0.3, 0.4) is 0 Å². The predicted octanol–water partition coefficient (Wildman–Crippen LogP) is 1.23. The molecule has 7 heavy (non-hydrogen) atoms. The zero-order valence-electron chi connectivity index (χ0n) is 5.18. The first-order valence-corrected chi connectivity index (χ1v) is 2.66. The van der Waals surface area contributed by atoms with Crippen molar-refractivity contribution in [1.29, 1.82) is 0 Å². The van der Waals surface area contributed by atoms with Gasteiger partial charge in [0.1, 0.15) is 0 Å². The molecule has 0 aromatic rings. The van der Waals surface area contributed by atoms with E-state index in [1.165, 1.54) is 0 Å². The summed E-state index contributed by atoms with van der Waals surface area (Å²) in [5.41, 5.74) is 0. The van der Waals surface area contributed by atoms with Gasteiger partial charge in [-0.15, -0.1) is 0 Å². The molecule has 0 aromatic heterocycles. The predicted molar refractivity (Wildman–Crippen MR) is 30.8 cm³/mol. The summed E-state index contributed by atoms with van der Waals surface area (Å²) in [4.78, 5) is 0. The lowest BCUT2D eigenvalue weighted by Crippen LogP contribution is -2.12. The summed E-state index contributed by atoms with van der Waals surface area (Å²) >= 11 is 0. The van der Waals surface area contributed by atoms with Crippen LogP contribution in [0.1, 0.15) is 20.8 Å². The molecule has 0 fully saturated rings. The Morgan fingerprint density at radius 2 is 1.86 bits per heavy atom. The third kappa shape index (κ3) is 2.63. The molecular weight excluding hydrogens is 88.1 g/mol. The van der Waals surface area contributed by atoms with E-state index in [2.05, 4.69) is 0 Å². The Hall–Kier alpha value is -0.0400. The average molecular weight is 101 g/mol. The summed E-state index contributed by atoms with van der Waals surface area (Å²) in [5, 5.41) is 8.88. The van der Waals surface area contributed by atoms with Crippen LogP contribution < -0.4 is 0 Å². The first-order valence-electron chi connectivity index (χ1n) is 2.66. The molecule has 0 aliphatic heterocycles. The highest BCUT2D eigenvalue weighted by Gasteiger charge is 2.03. The van der Waals surface area contributed by atoms with Gasteiger partial charge in [0.2, 0.25) is 0 Å². The van der Waals surface area contributed by atoms with Gasteiger partial charge in [-0.25, -0.2) is 0 Å². The summed E-state index contributed by atoms with van der Waals surface area (Å²) < 4.78 is 0. The molecule has 0 saturated heterocycles. The lowest BCUT2D eigenvalue weighted by Gasteiger charge is -2.09. The normalized spacial score (nSPS) is 15.0. The van der Waals surface area contributed by atoms with E-state index in [0.717, 1.165) is 0 Å². The highest BCUT2D eigenvalue weighted by molar-refractivity contribution is 4.71. The van der Waals surface area contributed by atoms with Crippen molar-refractivity contribution < 1.29 is 5.11 Å². The summed E-state index contributed by atoms with van der Waals surface area (Å²) in [6, 6.07) is 0. The fourth-order valence-electron chi connectivity index (χ4n) is 0.385. The Kier molecular flexibility index (Phi) is 3.01. The topological polar surface area (TPSA) is 20.2 Å². The molecule has 1 radical (unpaired) electrons. The molecule has 0 aliphatic carbocycles. The molecule has 0 heterocycles. The summed E-state index contributed by atoms with van der Waals surface area (Å²) in [7, 11) is 0. The molecule has 0 rings (SSSR count). The maximum atomic E-state index is 8.88. The Labute approximate surface area is 45.4 Å². The van der Waals surface area contributed by atoms with Crippen molar-refractivity contribution in [3.63, 3.8) is 0 Å². The largest absolute Gasteiger partial charge is 0.393 e. The van der Waals surface area contributed by atoms with Crippen molar-refractivity contribution in [2.24, 2.45) is 5.92 Å². The van der Waals surface area contributed by atoms with Crippen molar-refractivity contribution in [2.45, 2.75) is 26.9 Å². The highest BCUT2D eigenvalue weighted by atomic mass is 16.3. The van der Waals surface area contributed by atoms with E-state index in [0.29, 0.717) is 5.92 Å². The van der Waals surface area contributed by atoms with E-state index in [-0.39, 0.29) is 6.10 Å². The minimum absolute atomic E-state index is 0.222. The molecule has 0 bridgehead atoms. The fourth-order valence-corrected chi connectivity index (χ4v) is 0.385. The molecule has 0 spiro atoms. The van der Waals surface area contributed by atoms with Crippen LogP contribution in [0.4, 0.5) is 0 Å². The lowest BCUT2D eigenvalue weighted by atomic mass is 10.1. The van der Waals surface area contributed by atoms with Crippen molar-refractivity contribution in [1.82, 2.24) is 0 Å². The van der Waals surface area contributed by atoms with Crippen LogP contribution in [-0.4, -0.2) is 11.2 Å². The zero-order chi connectivity index (χ0) is 5.86. The second-order valence-electron chi connectivity index (χ2n) is 2.07. The second kappa shape index (κ2) is 3.03. The van der Waals surface area contributed by atoms with E-state index >= 15 is 0 Å². The summed E-state index contributed by atoms with van der Waals surface area (Å²) in [6.07, 6.45) is 1.57. The van der Waals surface area contributed by atoms with Gasteiger partial charge in [-0.3, -0.25) is 0 Å². The molecule has 1 N–H and O–H groups in total. The first-order chi connectivity index (χ1) is 3.18. The number of aliphatic hydroxyl groups is 1. The second-order valence-corrected chi connectivity index (χ2v) is 2.07. The van der Waals surface area contributed by atoms with Crippen molar-refractivity contribution in [3.05, 3.63) is 6.42 Å². The maximum Gasteiger partial charge on any atom is 0.0592 e. The lowest BCUT2D eigenvalue weighted by molar-refractivity contribution is 0.157. The Morgan fingerprint density at radius 3 is 1.86 bits per heavy atom. The third-order valence-electron chi connectivity index (χ3n) is 1.02. The van der Waals surface area contributed by atoms with Gasteiger partial charge in [-0.05, 0) is 12.3 Å². The van der Waals surface area contributed by atoms with Crippen LogP contribution in [0.2, 0.25) is 0 Å². The molecule has 1 nitrogen and oxygen atoms in total. The number of aliphatic hydroxyl groups excluding tert-OH is 1. The molecule has 43 valence electrons. The van der Waals surface area contributed by atoms with Gasteiger partial charge in [0.05, 0.1) is 6.10 Å². The van der Waals surface area contributed by atoms with Gasteiger partial charge in [0.15, 0.2) is 0 Å². The van der Waals surface area contributed by atoms with Crippen LogP contribution in [-0.2, 0) is 0 Å². The maximum absolute atomic E-state index is 8.88. The Bertz CT molecular complexity index is 41.4. The monoisotopic (exact) mass is 101 g/mol. The fraction of sp³-hybridized carbons (Fsp3) is 0.833. The molecule has 0 saturated carbocycles. The summed E-state index contributed by atoms with van der Waals surface area (Å²) in [5.74, 6) is 0.366. The van der Waals surface area contributed by atoms with Crippen molar-refractivity contribution in [2.75, 3.05) is 0 Å². The molecule has 1 heteroatoms. The Balaban J connectivity index is 3.14. The SMILES string of the molecule is C[CH]C(O)C(C)C. The van der Waals surface area contributed by atoms with E-state index < -0.39 is 0 Å².